The number of esters is 1. The molecule has 4 rings (SSSR count). The summed E-state index contributed by atoms with van der Waals surface area (Å²) in [5.41, 5.74) is 1.09. The van der Waals surface area contributed by atoms with Crippen LogP contribution < -0.4 is 0 Å². The van der Waals surface area contributed by atoms with Crippen LogP contribution in [0.1, 0.15) is 40.1 Å². The number of furan rings is 1. The van der Waals surface area contributed by atoms with Crippen LogP contribution in [0.5, 0.6) is 0 Å². The molecule has 0 bridgehead atoms. The Labute approximate surface area is 150 Å². The fraction of sp³-hybridized carbons (Fsp3) is 0.368. The van der Waals surface area contributed by atoms with Crippen LogP contribution >= 0.6 is 11.3 Å². The van der Waals surface area contributed by atoms with Crippen LogP contribution in [0.25, 0.3) is 10.2 Å². The Morgan fingerprint density at radius 3 is 3.08 bits per heavy atom. The maximum Gasteiger partial charge on any atom is 0.373 e. The summed E-state index contributed by atoms with van der Waals surface area (Å²) in [6.45, 7) is 2.71. The third kappa shape index (κ3) is 3.45. The summed E-state index contributed by atoms with van der Waals surface area (Å²) in [6.07, 6.45) is 2.31. The van der Waals surface area contributed by atoms with Gasteiger partial charge in [-0.15, -0.1) is 11.3 Å². The minimum Gasteiger partial charge on any atom is -0.463 e. The number of hydrogen-bond donors (Lipinski definition) is 0. The van der Waals surface area contributed by atoms with Gasteiger partial charge in [-0.1, -0.05) is 12.1 Å². The number of thiazole rings is 1. The Bertz CT molecular complexity index is 853. The fourth-order valence-electron chi connectivity index (χ4n) is 3.36. The number of hydrogen-bond acceptors (Lipinski definition) is 6. The normalized spacial score (nSPS) is 18.5. The van der Waals surface area contributed by atoms with Gasteiger partial charge in [0.25, 0.3) is 0 Å². The lowest BCUT2D eigenvalue weighted by Gasteiger charge is -2.31. The number of benzene rings is 1. The first-order chi connectivity index (χ1) is 12.2. The number of rotatable bonds is 4. The Morgan fingerprint density at radius 2 is 2.24 bits per heavy atom. The van der Waals surface area contributed by atoms with Crippen molar-refractivity contribution in [3.8, 4) is 0 Å². The zero-order valence-electron chi connectivity index (χ0n) is 14.1. The van der Waals surface area contributed by atoms with Gasteiger partial charge in [0.05, 0.1) is 28.9 Å². The van der Waals surface area contributed by atoms with Crippen molar-refractivity contribution in [2.75, 3.05) is 20.2 Å². The standard InChI is InChI=1S/C19H20N2O3S/c1-23-19(22)16-9-8-14(24-16)12-21-10-4-5-13(11-21)18-20-15-6-2-3-7-17(15)25-18/h2-3,6-9,13H,4-5,10-12H2,1H3/t13-/m0/s1. The Hall–Kier alpha value is -2.18. The van der Waals surface area contributed by atoms with Crippen molar-refractivity contribution in [3.05, 3.63) is 52.9 Å². The molecule has 25 heavy (non-hydrogen) atoms. The fourth-order valence-corrected chi connectivity index (χ4v) is 4.45. The third-order valence-corrected chi connectivity index (χ3v) is 5.79. The summed E-state index contributed by atoms with van der Waals surface area (Å²) in [5, 5.41) is 1.22. The van der Waals surface area contributed by atoms with E-state index in [1.54, 1.807) is 17.4 Å². The summed E-state index contributed by atoms with van der Waals surface area (Å²) < 4.78 is 11.5. The van der Waals surface area contributed by atoms with E-state index in [1.165, 1.54) is 23.2 Å². The van der Waals surface area contributed by atoms with Crippen molar-refractivity contribution in [2.24, 2.45) is 0 Å². The van der Waals surface area contributed by atoms with Gasteiger partial charge in [-0.2, -0.15) is 0 Å². The second-order valence-electron chi connectivity index (χ2n) is 6.35. The summed E-state index contributed by atoms with van der Waals surface area (Å²) in [4.78, 5) is 18.7. The van der Waals surface area contributed by atoms with Gasteiger partial charge in [0, 0.05) is 12.5 Å². The van der Waals surface area contributed by atoms with Crippen LogP contribution in [0, 0.1) is 0 Å². The molecular formula is C19H20N2O3S. The molecule has 0 N–H and O–H groups in total. The molecular weight excluding hydrogens is 336 g/mol. The van der Waals surface area contributed by atoms with Crippen molar-refractivity contribution in [2.45, 2.75) is 25.3 Å². The minimum atomic E-state index is -0.433. The van der Waals surface area contributed by atoms with E-state index in [2.05, 4.69) is 23.1 Å². The lowest BCUT2D eigenvalue weighted by Crippen LogP contribution is -2.33. The van der Waals surface area contributed by atoms with E-state index < -0.39 is 5.97 Å². The molecule has 1 atom stereocenters. The van der Waals surface area contributed by atoms with Crippen LogP contribution in [-0.4, -0.2) is 36.1 Å². The van der Waals surface area contributed by atoms with Gasteiger partial charge in [0.2, 0.25) is 5.76 Å². The van der Waals surface area contributed by atoms with E-state index in [9.17, 15) is 4.79 Å². The molecule has 1 saturated heterocycles. The molecule has 0 spiro atoms. The smallest absolute Gasteiger partial charge is 0.373 e. The van der Waals surface area contributed by atoms with Crippen molar-refractivity contribution in [1.29, 1.82) is 0 Å². The number of carbonyl (C=O) groups excluding carboxylic acids is 1. The van der Waals surface area contributed by atoms with E-state index in [-0.39, 0.29) is 5.76 Å². The van der Waals surface area contributed by atoms with E-state index in [4.69, 9.17) is 14.1 Å². The summed E-state index contributed by atoms with van der Waals surface area (Å²) in [7, 11) is 1.36. The maximum atomic E-state index is 11.5. The number of para-hydroxylation sites is 1. The molecule has 3 aromatic rings. The third-order valence-electron chi connectivity index (χ3n) is 4.59. The summed E-state index contributed by atoms with van der Waals surface area (Å²) >= 11 is 1.80. The average Bonchev–Trinajstić information content (AvgIpc) is 3.28. The molecule has 3 heterocycles. The minimum absolute atomic E-state index is 0.261. The number of fused-ring (bicyclic) bond motifs is 1. The maximum absolute atomic E-state index is 11.5. The first kappa shape index (κ1) is 16.3. The Kier molecular flexibility index (Phi) is 4.55. The van der Waals surface area contributed by atoms with Gasteiger partial charge >= 0.3 is 5.97 Å². The van der Waals surface area contributed by atoms with Crippen LogP contribution in [-0.2, 0) is 11.3 Å². The van der Waals surface area contributed by atoms with Gasteiger partial charge < -0.3 is 9.15 Å². The van der Waals surface area contributed by atoms with Crippen molar-refractivity contribution in [1.82, 2.24) is 9.88 Å². The predicted octanol–water partition coefficient (Wildman–Crippen LogP) is 4.06. The highest BCUT2D eigenvalue weighted by atomic mass is 32.1. The molecule has 0 saturated carbocycles. The zero-order valence-corrected chi connectivity index (χ0v) is 14.9. The number of likely N-dealkylation sites (tertiary alicyclic amines) is 1. The van der Waals surface area contributed by atoms with Gasteiger partial charge in [0.15, 0.2) is 0 Å². The SMILES string of the molecule is COC(=O)c1ccc(CN2CCC[C@H](c3nc4ccccc4s3)C2)o1. The number of ether oxygens (including phenoxy) is 1. The van der Waals surface area contributed by atoms with Crippen molar-refractivity contribution in [3.63, 3.8) is 0 Å². The highest BCUT2D eigenvalue weighted by Crippen LogP contribution is 2.33. The van der Waals surface area contributed by atoms with E-state index in [1.807, 2.05) is 12.1 Å². The Balaban J connectivity index is 1.45. The number of nitrogens with zero attached hydrogens (tertiary/aromatic N) is 2. The molecule has 0 amide bonds. The lowest BCUT2D eigenvalue weighted by atomic mass is 9.98. The Morgan fingerprint density at radius 1 is 1.36 bits per heavy atom. The summed E-state index contributed by atoms with van der Waals surface area (Å²) in [6, 6.07) is 11.8. The topological polar surface area (TPSA) is 55.6 Å². The van der Waals surface area contributed by atoms with E-state index >= 15 is 0 Å². The molecule has 6 heteroatoms. The van der Waals surface area contributed by atoms with Crippen LogP contribution in [0.15, 0.2) is 40.8 Å². The molecule has 0 radical (unpaired) electrons. The van der Waals surface area contributed by atoms with Gasteiger partial charge in [-0.25, -0.2) is 9.78 Å². The first-order valence-electron chi connectivity index (χ1n) is 8.48. The molecule has 1 aliphatic heterocycles. The van der Waals surface area contributed by atoms with Crippen LogP contribution in [0.4, 0.5) is 0 Å². The largest absolute Gasteiger partial charge is 0.463 e. The lowest BCUT2D eigenvalue weighted by molar-refractivity contribution is 0.0560. The first-order valence-corrected chi connectivity index (χ1v) is 9.29. The van der Waals surface area contributed by atoms with Gasteiger partial charge in [-0.3, -0.25) is 4.90 Å². The molecule has 2 aromatic heterocycles. The van der Waals surface area contributed by atoms with E-state index in [0.29, 0.717) is 12.5 Å². The number of carbonyl (C=O) groups is 1. The van der Waals surface area contributed by atoms with Crippen LogP contribution in [0.3, 0.4) is 0 Å². The second kappa shape index (κ2) is 6.98. The molecule has 1 fully saturated rings. The monoisotopic (exact) mass is 356 g/mol. The van der Waals surface area contributed by atoms with Crippen LogP contribution in [0.2, 0.25) is 0 Å². The molecule has 0 aliphatic carbocycles. The number of aromatic nitrogens is 1. The quantitative estimate of drug-likeness (QED) is 0.660. The van der Waals surface area contributed by atoms with E-state index in [0.717, 1.165) is 30.8 Å². The number of methoxy groups -OCH3 is 1. The highest BCUT2D eigenvalue weighted by molar-refractivity contribution is 7.18. The zero-order chi connectivity index (χ0) is 17.2. The van der Waals surface area contributed by atoms with Gasteiger partial charge in [-0.05, 0) is 43.7 Å². The highest BCUT2D eigenvalue weighted by Gasteiger charge is 2.25. The summed E-state index contributed by atoms with van der Waals surface area (Å²) in [5.74, 6) is 1.08. The molecule has 1 aromatic carbocycles. The van der Waals surface area contributed by atoms with Gasteiger partial charge in [0.1, 0.15) is 5.76 Å². The molecule has 5 nitrogen and oxygen atoms in total. The van der Waals surface area contributed by atoms with Crippen molar-refractivity contribution < 1.29 is 13.9 Å². The van der Waals surface area contributed by atoms with Crippen molar-refractivity contribution >= 4 is 27.5 Å². The number of piperidine rings is 1. The molecule has 130 valence electrons. The second-order valence-corrected chi connectivity index (χ2v) is 7.41. The molecule has 1 aliphatic rings. The predicted molar refractivity (Wildman–Crippen MR) is 96.9 cm³/mol. The average molecular weight is 356 g/mol. The molecule has 0 unspecified atom stereocenters.